The van der Waals surface area contributed by atoms with Crippen molar-refractivity contribution >= 4 is 0 Å². The molecule has 0 rings (SSSR count). The minimum Gasteiger partial charge on any atom is -0.229 e. The summed E-state index contributed by atoms with van der Waals surface area (Å²) in [5.74, 6) is 0.423. The van der Waals surface area contributed by atoms with Gasteiger partial charge in [-0.2, -0.15) is 0 Å². The van der Waals surface area contributed by atoms with Crippen molar-refractivity contribution in [3.05, 3.63) is 0 Å². The summed E-state index contributed by atoms with van der Waals surface area (Å²) in [6.45, 7) is 9.15. The zero-order chi connectivity index (χ0) is 23.8. The zero-order valence-electron chi connectivity index (χ0n) is 23.2. The molecule has 0 fully saturated rings. The molecule has 0 spiro atoms. The van der Waals surface area contributed by atoms with Crippen LogP contribution in [-0.2, 0) is 5.11 Å². The van der Waals surface area contributed by atoms with Crippen molar-refractivity contribution in [2.45, 2.75) is 194 Å². The fraction of sp³-hybridized carbons (Fsp3) is 1.00. The Morgan fingerprint density at radius 3 is 1.09 bits per heavy atom. The highest BCUT2D eigenvalue weighted by molar-refractivity contribution is 4.86. The van der Waals surface area contributed by atoms with Gasteiger partial charge in [0.25, 0.3) is 0 Å². The van der Waals surface area contributed by atoms with Crippen LogP contribution >= 0.6 is 0 Å². The number of rotatable bonds is 26. The predicted molar refractivity (Wildman–Crippen MR) is 145 cm³/mol. The predicted octanol–water partition coefficient (Wildman–Crippen LogP) is 11.6. The van der Waals surface area contributed by atoms with Crippen molar-refractivity contribution in [3.63, 3.8) is 0 Å². The SMILES string of the molecule is CCCCCCCCC(CCCCC)C([O])(CCCCCCCC)CCCCCCCC. The lowest BCUT2D eigenvalue weighted by atomic mass is 9.74. The monoisotopic (exact) mass is 451 g/mol. The van der Waals surface area contributed by atoms with Crippen molar-refractivity contribution < 1.29 is 5.11 Å². The van der Waals surface area contributed by atoms with Crippen LogP contribution in [0.4, 0.5) is 0 Å². The minimum atomic E-state index is -0.646. The Hall–Kier alpha value is -0.0400. The lowest BCUT2D eigenvalue weighted by Gasteiger charge is -2.35. The van der Waals surface area contributed by atoms with Gasteiger partial charge in [-0.15, -0.1) is 0 Å². The summed E-state index contributed by atoms with van der Waals surface area (Å²) in [5.41, 5.74) is -0.646. The van der Waals surface area contributed by atoms with Crippen molar-refractivity contribution in [3.8, 4) is 0 Å². The fourth-order valence-electron chi connectivity index (χ4n) is 5.42. The summed E-state index contributed by atoms with van der Waals surface area (Å²) in [6, 6.07) is 0. The molecule has 32 heavy (non-hydrogen) atoms. The van der Waals surface area contributed by atoms with Crippen molar-refractivity contribution in [1.82, 2.24) is 0 Å². The molecule has 0 aromatic carbocycles. The van der Waals surface area contributed by atoms with E-state index >= 15 is 0 Å². The van der Waals surface area contributed by atoms with Gasteiger partial charge in [0.05, 0.1) is 0 Å². The molecule has 0 saturated heterocycles. The van der Waals surface area contributed by atoms with Gasteiger partial charge in [-0.1, -0.05) is 163 Å². The molecule has 1 heteroatoms. The molecule has 1 unspecified atom stereocenters. The van der Waals surface area contributed by atoms with Gasteiger partial charge in [0.15, 0.2) is 0 Å². The molecule has 1 nitrogen and oxygen atoms in total. The summed E-state index contributed by atoms with van der Waals surface area (Å²) in [6.07, 6.45) is 31.8. The molecule has 1 radical (unpaired) electrons. The lowest BCUT2D eigenvalue weighted by Crippen LogP contribution is -2.37. The van der Waals surface area contributed by atoms with Crippen LogP contribution in [0.25, 0.3) is 0 Å². The van der Waals surface area contributed by atoms with E-state index in [0.29, 0.717) is 5.92 Å². The second-order valence-electron chi connectivity index (χ2n) is 10.8. The third-order valence-corrected chi connectivity index (χ3v) is 7.71. The van der Waals surface area contributed by atoms with Crippen LogP contribution in [0.2, 0.25) is 0 Å². The van der Waals surface area contributed by atoms with Crippen LogP contribution in [0.5, 0.6) is 0 Å². The summed E-state index contributed by atoms with van der Waals surface area (Å²) in [5, 5.41) is 14.3. The summed E-state index contributed by atoms with van der Waals surface area (Å²) in [7, 11) is 0. The fourth-order valence-corrected chi connectivity index (χ4v) is 5.42. The van der Waals surface area contributed by atoms with Gasteiger partial charge >= 0.3 is 0 Å². The average Bonchev–Trinajstić information content (AvgIpc) is 2.79. The maximum atomic E-state index is 14.3. The van der Waals surface area contributed by atoms with Crippen LogP contribution < -0.4 is 0 Å². The molecule has 0 saturated carbocycles. The van der Waals surface area contributed by atoms with Gasteiger partial charge in [0.2, 0.25) is 0 Å². The van der Waals surface area contributed by atoms with E-state index in [1.165, 1.54) is 148 Å². The Kier molecular flexibility index (Phi) is 24.1. The van der Waals surface area contributed by atoms with Gasteiger partial charge in [-0.25, -0.2) is 5.11 Å². The first-order valence-electron chi connectivity index (χ1n) is 15.3. The molecule has 0 aliphatic heterocycles. The van der Waals surface area contributed by atoms with E-state index in [-0.39, 0.29) is 0 Å². The first kappa shape index (κ1) is 32.0. The third kappa shape index (κ3) is 18.4. The van der Waals surface area contributed by atoms with Gasteiger partial charge in [-0.05, 0) is 31.6 Å². The molecule has 0 amide bonds. The highest BCUT2D eigenvalue weighted by atomic mass is 16.3. The number of unbranched alkanes of at least 4 members (excludes halogenated alkanes) is 17. The highest BCUT2D eigenvalue weighted by Crippen LogP contribution is 2.37. The molecule has 0 heterocycles. The van der Waals surface area contributed by atoms with Crippen molar-refractivity contribution in [1.29, 1.82) is 0 Å². The highest BCUT2D eigenvalue weighted by Gasteiger charge is 2.36. The molecule has 0 aromatic heterocycles. The van der Waals surface area contributed by atoms with E-state index < -0.39 is 5.60 Å². The topological polar surface area (TPSA) is 19.9 Å². The standard InChI is InChI=1S/C31H63O/c1-5-9-13-16-19-23-27-30(26-22-12-8-4)31(32,28-24-20-17-14-10-6-2)29-25-21-18-15-11-7-3/h30H,5-29H2,1-4H3. The Bertz CT molecular complexity index is 334. The molecule has 0 aliphatic carbocycles. The van der Waals surface area contributed by atoms with Gasteiger partial charge < -0.3 is 0 Å². The van der Waals surface area contributed by atoms with E-state index in [4.69, 9.17) is 0 Å². The first-order valence-corrected chi connectivity index (χ1v) is 15.3. The second-order valence-corrected chi connectivity index (χ2v) is 10.8. The molecular weight excluding hydrogens is 388 g/mol. The van der Waals surface area contributed by atoms with Gasteiger partial charge in [0.1, 0.15) is 5.60 Å². The molecule has 1 atom stereocenters. The zero-order valence-corrected chi connectivity index (χ0v) is 23.2. The largest absolute Gasteiger partial charge is 0.229 e. The van der Waals surface area contributed by atoms with Gasteiger partial charge in [0, 0.05) is 0 Å². The first-order chi connectivity index (χ1) is 15.6. The van der Waals surface area contributed by atoms with E-state index in [0.717, 1.165) is 12.8 Å². The average molecular weight is 452 g/mol. The Labute approximate surface area is 204 Å². The van der Waals surface area contributed by atoms with E-state index in [1.54, 1.807) is 0 Å². The molecule has 193 valence electrons. The molecular formula is C31H63O. The lowest BCUT2D eigenvalue weighted by molar-refractivity contribution is -0.0998. The second kappa shape index (κ2) is 24.1. The summed E-state index contributed by atoms with van der Waals surface area (Å²) < 4.78 is 0. The Morgan fingerprint density at radius 2 is 0.688 bits per heavy atom. The normalized spacial score (nSPS) is 13.0. The van der Waals surface area contributed by atoms with E-state index in [1.807, 2.05) is 0 Å². The number of hydrogen-bond acceptors (Lipinski definition) is 0. The van der Waals surface area contributed by atoms with E-state index in [9.17, 15) is 5.11 Å². The van der Waals surface area contributed by atoms with Crippen molar-refractivity contribution in [2.24, 2.45) is 5.92 Å². The Morgan fingerprint density at radius 1 is 0.406 bits per heavy atom. The molecule has 0 bridgehead atoms. The van der Waals surface area contributed by atoms with E-state index in [2.05, 4.69) is 27.7 Å². The van der Waals surface area contributed by atoms with Crippen LogP contribution in [0, 0.1) is 5.92 Å². The molecule has 0 aromatic rings. The molecule has 0 N–H and O–H groups in total. The van der Waals surface area contributed by atoms with Crippen LogP contribution in [0.3, 0.4) is 0 Å². The maximum absolute atomic E-state index is 14.3. The van der Waals surface area contributed by atoms with Gasteiger partial charge in [-0.3, -0.25) is 0 Å². The third-order valence-electron chi connectivity index (χ3n) is 7.71. The smallest absolute Gasteiger partial charge is 0.106 e. The van der Waals surface area contributed by atoms with Crippen LogP contribution in [0.1, 0.15) is 188 Å². The quantitative estimate of drug-likeness (QED) is 0.116. The Balaban J connectivity index is 4.79. The summed E-state index contributed by atoms with van der Waals surface area (Å²) in [4.78, 5) is 0. The van der Waals surface area contributed by atoms with Crippen LogP contribution in [0.15, 0.2) is 0 Å². The van der Waals surface area contributed by atoms with Crippen molar-refractivity contribution in [2.75, 3.05) is 0 Å². The number of hydrogen-bond donors (Lipinski definition) is 0. The molecule has 0 aliphatic rings. The minimum absolute atomic E-state index is 0.423. The maximum Gasteiger partial charge on any atom is 0.106 e. The summed E-state index contributed by atoms with van der Waals surface area (Å²) >= 11 is 0. The van der Waals surface area contributed by atoms with Crippen LogP contribution in [-0.4, -0.2) is 5.60 Å².